The monoisotopic (exact) mass is 275 g/mol. The van der Waals surface area contributed by atoms with Crippen LogP contribution in [0.4, 0.5) is 10.1 Å². The SMILES string of the molecule is Fc1c(Cl)cccc1CNc1cccc2cn[nH]c12. The normalized spacial score (nSPS) is 10.8. The third-order valence-corrected chi connectivity index (χ3v) is 3.27. The van der Waals surface area contributed by atoms with Crippen molar-refractivity contribution in [2.24, 2.45) is 0 Å². The second kappa shape index (κ2) is 4.90. The van der Waals surface area contributed by atoms with Crippen LogP contribution < -0.4 is 5.32 Å². The van der Waals surface area contributed by atoms with Gasteiger partial charge in [0.1, 0.15) is 5.82 Å². The lowest BCUT2D eigenvalue weighted by atomic mass is 10.2. The van der Waals surface area contributed by atoms with Gasteiger partial charge in [-0.1, -0.05) is 35.9 Å². The third-order valence-electron chi connectivity index (χ3n) is 2.98. The Hall–Kier alpha value is -2.07. The molecule has 3 aromatic rings. The summed E-state index contributed by atoms with van der Waals surface area (Å²) in [6.45, 7) is 0.366. The van der Waals surface area contributed by atoms with Gasteiger partial charge in [0.25, 0.3) is 0 Å². The van der Waals surface area contributed by atoms with Crippen LogP contribution in [0.2, 0.25) is 5.02 Å². The lowest BCUT2D eigenvalue weighted by Crippen LogP contribution is -2.02. The van der Waals surface area contributed by atoms with Gasteiger partial charge in [-0.3, -0.25) is 5.10 Å². The molecule has 0 aliphatic heterocycles. The standard InChI is InChI=1S/C14H11ClFN3/c15-11-5-1-3-9(13(11)16)7-17-12-6-2-4-10-8-18-19-14(10)12/h1-6,8,17H,7H2,(H,18,19). The minimum atomic E-state index is -0.381. The maximum absolute atomic E-state index is 13.8. The van der Waals surface area contributed by atoms with Gasteiger partial charge in [-0.2, -0.15) is 5.10 Å². The predicted octanol–water partition coefficient (Wildman–Crippen LogP) is 3.97. The summed E-state index contributed by atoms with van der Waals surface area (Å²) in [7, 11) is 0. The minimum Gasteiger partial charge on any atom is -0.379 e. The average Bonchev–Trinajstić information content (AvgIpc) is 2.89. The van der Waals surface area contributed by atoms with Gasteiger partial charge in [0.2, 0.25) is 0 Å². The van der Waals surface area contributed by atoms with Crippen molar-refractivity contribution in [1.82, 2.24) is 10.2 Å². The Bertz CT molecular complexity index is 724. The molecule has 3 rings (SSSR count). The van der Waals surface area contributed by atoms with E-state index in [2.05, 4.69) is 15.5 Å². The predicted molar refractivity (Wildman–Crippen MR) is 74.8 cm³/mol. The second-order valence-electron chi connectivity index (χ2n) is 4.21. The zero-order chi connectivity index (χ0) is 13.2. The van der Waals surface area contributed by atoms with Crippen LogP contribution in [0.3, 0.4) is 0 Å². The first-order valence-electron chi connectivity index (χ1n) is 5.84. The van der Waals surface area contributed by atoms with Crippen LogP contribution in [0.1, 0.15) is 5.56 Å². The highest BCUT2D eigenvalue weighted by Crippen LogP contribution is 2.23. The molecule has 0 atom stereocenters. The fourth-order valence-corrected chi connectivity index (χ4v) is 2.19. The summed E-state index contributed by atoms with van der Waals surface area (Å²) in [5, 5.41) is 11.2. The molecule has 0 radical (unpaired) electrons. The van der Waals surface area contributed by atoms with Gasteiger partial charge < -0.3 is 5.32 Å². The first-order chi connectivity index (χ1) is 9.25. The van der Waals surface area contributed by atoms with Gasteiger partial charge in [0.15, 0.2) is 0 Å². The van der Waals surface area contributed by atoms with Crippen LogP contribution in [0.15, 0.2) is 42.6 Å². The van der Waals surface area contributed by atoms with E-state index in [0.29, 0.717) is 12.1 Å². The number of H-pyrrole nitrogens is 1. The highest BCUT2D eigenvalue weighted by molar-refractivity contribution is 6.30. The van der Waals surface area contributed by atoms with E-state index in [1.807, 2.05) is 18.2 Å². The maximum Gasteiger partial charge on any atom is 0.146 e. The van der Waals surface area contributed by atoms with Gasteiger partial charge in [0, 0.05) is 17.5 Å². The van der Waals surface area contributed by atoms with E-state index in [9.17, 15) is 4.39 Å². The number of fused-ring (bicyclic) bond motifs is 1. The number of nitrogens with zero attached hydrogens (tertiary/aromatic N) is 1. The summed E-state index contributed by atoms with van der Waals surface area (Å²) in [6, 6.07) is 10.8. The van der Waals surface area contributed by atoms with Crippen LogP contribution in [0.25, 0.3) is 10.9 Å². The summed E-state index contributed by atoms with van der Waals surface area (Å²) in [5.41, 5.74) is 2.32. The molecule has 1 aromatic heterocycles. The van der Waals surface area contributed by atoms with E-state index < -0.39 is 0 Å². The van der Waals surface area contributed by atoms with E-state index in [-0.39, 0.29) is 10.8 Å². The molecule has 0 unspecified atom stereocenters. The van der Waals surface area contributed by atoms with E-state index in [1.54, 1.807) is 18.3 Å². The van der Waals surface area contributed by atoms with Crippen molar-refractivity contribution in [3.05, 3.63) is 59.0 Å². The molecule has 96 valence electrons. The third kappa shape index (κ3) is 2.27. The van der Waals surface area contributed by atoms with E-state index in [4.69, 9.17) is 11.6 Å². The topological polar surface area (TPSA) is 40.7 Å². The van der Waals surface area contributed by atoms with Crippen LogP contribution >= 0.6 is 11.6 Å². The Kier molecular flexibility index (Phi) is 3.09. The molecule has 3 nitrogen and oxygen atoms in total. The van der Waals surface area contributed by atoms with E-state index in [1.165, 1.54) is 6.07 Å². The van der Waals surface area contributed by atoms with Gasteiger partial charge in [-0.25, -0.2) is 4.39 Å². The molecule has 0 saturated carbocycles. The summed E-state index contributed by atoms with van der Waals surface area (Å²) in [5.74, 6) is -0.381. The fourth-order valence-electron chi connectivity index (χ4n) is 1.99. The number of hydrogen-bond acceptors (Lipinski definition) is 2. The number of benzene rings is 2. The highest BCUT2D eigenvalue weighted by atomic mass is 35.5. The zero-order valence-electron chi connectivity index (χ0n) is 9.95. The Morgan fingerprint density at radius 2 is 2.05 bits per heavy atom. The molecule has 0 spiro atoms. The summed E-state index contributed by atoms with van der Waals surface area (Å²) >= 11 is 5.75. The molecule has 0 saturated heterocycles. The van der Waals surface area contributed by atoms with Crippen LogP contribution in [-0.2, 0) is 6.54 Å². The lowest BCUT2D eigenvalue weighted by molar-refractivity contribution is 0.613. The molecule has 2 N–H and O–H groups in total. The molecule has 19 heavy (non-hydrogen) atoms. The van der Waals surface area contributed by atoms with Crippen molar-refractivity contribution in [3.8, 4) is 0 Å². The van der Waals surface area contributed by atoms with Crippen molar-refractivity contribution < 1.29 is 4.39 Å². The summed E-state index contributed by atoms with van der Waals surface area (Å²) < 4.78 is 13.8. The molecule has 2 aromatic carbocycles. The van der Waals surface area contributed by atoms with Crippen LogP contribution in [0, 0.1) is 5.82 Å². The minimum absolute atomic E-state index is 0.138. The number of aromatic nitrogens is 2. The number of aromatic amines is 1. The maximum atomic E-state index is 13.8. The number of rotatable bonds is 3. The number of nitrogens with one attached hydrogen (secondary N) is 2. The number of anilines is 1. The zero-order valence-corrected chi connectivity index (χ0v) is 10.7. The first kappa shape index (κ1) is 12.0. The molecule has 0 fully saturated rings. The molecule has 0 bridgehead atoms. The van der Waals surface area contributed by atoms with Crippen LogP contribution in [-0.4, -0.2) is 10.2 Å². The smallest absolute Gasteiger partial charge is 0.146 e. The highest BCUT2D eigenvalue weighted by Gasteiger charge is 2.07. The van der Waals surface area contributed by atoms with Crippen molar-refractivity contribution in [2.75, 3.05) is 5.32 Å². The Morgan fingerprint density at radius 1 is 1.21 bits per heavy atom. The molecular weight excluding hydrogens is 265 g/mol. The Labute approximate surface area is 114 Å². The van der Waals surface area contributed by atoms with E-state index >= 15 is 0 Å². The number of para-hydroxylation sites is 1. The number of hydrogen-bond donors (Lipinski definition) is 2. The fraction of sp³-hybridized carbons (Fsp3) is 0.0714. The number of halogens is 2. The van der Waals surface area contributed by atoms with Gasteiger partial charge in [-0.05, 0) is 12.1 Å². The molecule has 0 aliphatic rings. The average molecular weight is 276 g/mol. The Balaban J connectivity index is 1.86. The summed E-state index contributed by atoms with van der Waals surface area (Å²) in [4.78, 5) is 0. The van der Waals surface area contributed by atoms with Crippen molar-refractivity contribution in [1.29, 1.82) is 0 Å². The van der Waals surface area contributed by atoms with Crippen molar-refractivity contribution in [3.63, 3.8) is 0 Å². The van der Waals surface area contributed by atoms with Crippen molar-refractivity contribution in [2.45, 2.75) is 6.54 Å². The molecular formula is C14H11ClFN3. The molecule has 5 heteroatoms. The lowest BCUT2D eigenvalue weighted by Gasteiger charge is -2.09. The van der Waals surface area contributed by atoms with Crippen LogP contribution in [0.5, 0.6) is 0 Å². The molecule has 0 amide bonds. The van der Waals surface area contributed by atoms with Gasteiger partial charge in [0.05, 0.1) is 22.4 Å². The second-order valence-corrected chi connectivity index (χ2v) is 4.61. The quantitative estimate of drug-likeness (QED) is 0.759. The molecule has 1 heterocycles. The molecule has 0 aliphatic carbocycles. The summed E-state index contributed by atoms with van der Waals surface area (Å²) in [6.07, 6.45) is 1.75. The van der Waals surface area contributed by atoms with Crippen molar-refractivity contribution >= 4 is 28.2 Å². The van der Waals surface area contributed by atoms with E-state index in [0.717, 1.165) is 16.6 Å². The van der Waals surface area contributed by atoms with Gasteiger partial charge >= 0.3 is 0 Å². The first-order valence-corrected chi connectivity index (χ1v) is 6.22. The van der Waals surface area contributed by atoms with Gasteiger partial charge in [-0.15, -0.1) is 0 Å². The largest absolute Gasteiger partial charge is 0.379 e. The Morgan fingerprint density at radius 3 is 2.95 bits per heavy atom.